The Morgan fingerprint density at radius 1 is 1.61 bits per heavy atom. The lowest BCUT2D eigenvalue weighted by Crippen LogP contribution is -2.23. The normalized spacial score (nSPS) is 11.9. The smallest absolute Gasteiger partial charge is 0.261 e. The molecule has 2 rings (SSSR count). The number of rotatable bonds is 4. The SMILES string of the molecule is Cn1cnc(S(=O)(=O)NCc2sccc2Br)c1Cl. The highest BCUT2D eigenvalue weighted by molar-refractivity contribution is 9.10. The molecule has 0 bridgehead atoms. The zero-order chi connectivity index (χ0) is 13.3. The third-order valence-corrected chi connectivity index (χ3v) is 6.02. The number of hydrogen-bond donors (Lipinski definition) is 1. The Kier molecular flexibility index (Phi) is 4.12. The van der Waals surface area contributed by atoms with Crippen molar-refractivity contribution in [1.82, 2.24) is 14.3 Å². The van der Waals surface area contributed by atoms with Crippen molar-refractivity contribution in [2.24, 2.45) is 7.05 Å². The monoisotopic (exact) mass is 369 g/mol. The molecule has 0 atom stereocenters. The summed E-state index contributed by atoms with van der Waals surface area (Å²) in [6.07, 6.45) is 1.36. The maximum atomic E-state index is 12.0. The summed E-state index contributed by atoms with van der Waals surface area (Å²) in [7, 11) is -2.06. The lowest BCUT2D eigenvalue weighted by molar-refractivity contribution is 0.578. The first kappa shape index (κ1) is 14.0. The van der Waals surface area contributed by atoms with Gasteiger partial charge in [0.2, 0.25) is 5.03 Å². The molecule has 0 aliphatic rings. The van der Waals surface area contributed by atoms with Crippen molar-refractivity contribution in [3.05, 3.63) is 32.3 Å². The van der Waals surface area contributed by atoms with Crippen LogP contribution in [0.1, 0.15) is 4.88 Å². The van der Waals surface area contributed by atoms with Crippen molar-refractivity contribution in [2.45, 2.75) is 11.6 Å². The van der Waals surface area contributed by atoms with Crippen LogP contribution in [-0.2, 0) is 23.6 Å². The maximum Gasteiger partial charge on any atom is 0.261 e. The van der Waals surface area contributed by atoms with Gasteiger partial charge < -0.3 is 4.57 Å². The second-order valence-electron chi connectivity index (χ2n) is 3.47. The number of aromatic nitrogens is 2. The minimum absolute atomic E-state index is 0.0905. The van der Waals surface area contributed by atoms with E-state index < -0.39 is 10.0 Å². The van der Waals surface area contributed by atoms with Crippen LogP contribution in [0.4, 0.5) is 0 Å². The first-order valence-electron chi connectivity index (χ1n) is 4.80. The van der Waals surface area contributed by atoms with Crippen molar-refractivity contribution >= 4 is 48.9 Å². The highest BCUT2D eigenvalue weighted by Crippen LogP contribution is 2.23. The molecule has 0 aliphatic heterocycles. The van der Waals surface area contributed by atoms with Crippen LogP contribution >= 0.6 is 38.9 Å². The molecule has 0 unspecified atom stereocenters. The molecule has 0 fully saturated rings. The van der Waals surface area contributed by atoms with Crippen LogP contribution in [0, 0.1) is 0 Å². The Bertz CT molecular complexity index is 665. The molecule has 18 heavy (non-hydrogen) atoms. The summed E-state index contributed by atoms with van der Waals surface area (Å²) in [5.41, 5.74) is 0. The van der Waals surface area contributed by atoms with Gasteiger partial charge >= 0.3 is 0 Å². The lowest BCUT2D eigenvalue weighted by Gasteiger charge is -2.04. The van der Waals surface area contributed by atoms with E-state index in [0.717, 1.165) is 9.35 Å². The quantitative estimate of drug-likeness (QED) is 0.898. The molecular weight excluding hydrogens is 362 g/mol. The van der Waals surface area contributed by atoms with Crippen molar-refractivity contribution in [1.29, 1.82) is 0 Å². The fraction of sp³-hybridized carbons (Fsp3) is 0.222. The third-order valence-electron chi connectivity index (χ3n) is 2.20. The van der Waals surface area contributed by atoms with Crippen LogP contribution in [0.15, 0.2) is 27.3 Å². The maximum absolute atomic E-state index is 12.0. The minimum atomic E-state index is -3.69. The Balaban J connectivity index is 2.18. The number of halogens is 2. The summed E-state index contributed by atoms with van der Waals surface area (Å²) in [6.45, 7) is 0.202. The standard InChI is InChI=1S/C9H9BrClN3O2S2/c1-14-5-12-9(8(14)11)18(15,16)13-4-7-6(10)2-3-17-7/h2-3,5,13H,4H2,1H3. The summed E-state index contributed by atoms with van der Waals surface area (Å²) in [6, 6.07) is 1.86. The Labute approximate surface area is 122 Å². The van der Waals surface area contributed by atoms with Gasteiger partial charge in [-0.2, -0.15) is 0 Å². The molecule has 0 aromatic carbocycles. The first-order chi connectivity index (χ1) is 8.42. The van der Waals surface area contributed by atoms with Crippen LogP contribution in [-0.4, -0.2) is 18.0 Å². The molecule has 0 amide bonds. The van der Waals surface area contributed by atoms with Gasteiger partial charge in [-0.15, -0.1) is 11.3 Å². The van der Waals surface area contributed by atoms with Crippen molar-refractivity contribution < 1.29 is 8.42 Å². The summed E-state index contributed by atoms with van der Waals surface area (Å²) in [4.78, 5) is 4.68. The van der Waals surface area contributed by atoms with E-state index in [1.165, 1.54) is 22.2 Å². The van der Waals surface area contributed by atoms with Gasteiger partial charge in [0.1, 0.15) is 5.15 Å². The Morgan fingerprint density at radius 3 is 2.83 bits per heavy atom. The fourth-order valence-corrected chi connectivity index (χ4v) is 4.20. The van der Waals surface area contributed by atoms with E-state index in [4.69, 9.17) is 11.6 Å². The first-order valence-corrected chi connectivity index (χ1v) is 8.33. The summed E-state index contributed by atoms with van der Waals surface area (Å²) in [5, 5.41) is 1.81. The predicted molar refractivity (Wildman–Crippen MR) is 74.3 cm³/mol. The van der Waals surface area contributed by atoms with Gasteiger partial charge in [0.25, 0.3) is 10.0 Å². The van der Waals surface area contributed by atoms with E-state index in [9.17, 15) is 8.42 Å². The molecule has 2 aromatic rings. The molecule has 2 aromatic heterocycles. The van der Waals surface area contributed by atoms with Crippen LogP contribution in [0.3, 0.4) is 0 Å². The summed E-state index contributed by atoms with van der Waals surface area (Å²) in [5.74, 6) is 0. The largest absolute Gasteiger partial charge is 0.324 e. The van der Waals surface area contributed by atoms with E-state index in [-0.39, 0.29) is 16.7 Å². The Hall–Kier alpha value is -0.410. The van der Waals surface area contributed by atoms with Gasteiger partial charge in [-0.05, 0) is 27.4 Å². The molecule has 1 N–H and O–H groups in total. The number of nitrogens with zero attached hydrogens (tertiary/aromatic N) is 2. The van der Waals surface area contributed by atoms with Gasteiger partial charge in [0, 0.05) is 22.9 Å². The van der Waals surface area contributed by atoms with E-state index in [0.29, 0.717) is 0 Å². The van der Waals surface area contributed by atoms with Crippen molar-refractivity contribution in [3.63, 3.8) is 0 Å². The fourth-order valence-electron chi connectivity index (χ4n) is 1.25. The van der Waals surface area contributed by atoms with E-state index in [1.54, 1.807) is 7.05 Å². The zero-order valence-corrected chi connectivity index (χ0v) is 13.2. The second-order valence-corrected chi connectivity index (χ2v) is 7.36. The lowest BCUT2D eigenvalue weighted by atomic mass is 10.5. The molecule has 0 spiro atoms. The molecule has 9 heteroatoms. The highest BCUT2D eigenvalue weighted by atomic mass is 79.9. The van der Waals surface area contributed by atoms with Crippen LogP contribution in [0.25, 0.3) is 0 Å². The topological polar surface area (TPSA) is 64.0 Å². The molecule has 0 saturated carbocycles. The average molecular weight is 371 g/mol. The van der Waals surface area contributed by atoms with Crippen molar-refractivity contribution in [3.8, 4) is 0 Å². The van der Waals surface area contributed by atoms with Crippen LogP contribution < -0.4 is 4.72 Å². The molecule has 0 aliphatic carbocycles. The summed E-state index contributed by atoms with van der Waals surface area (Å²) < 4.78 is 28.8. The molecule has 0 radical (unpaired) electrons. The van der Waals surface area contributed by atoms with Crippen LogP contribution in [0.2, 0.25) is 5.15 Å². The number of sulfonamides is 1. The number of imidazole rings is 1. The number of aryl methyl sites for hydroxylation is 1. The average Bonchev–Trinajstić information content (AvgIpc) is 2.85. The van der Waals surface area contributed by atoms with Gasteiger partial charge in [-0.1, -0.05) is 11.6 Å². The molecule has 5 nitrogen and oxygen atoms in total. The molecule has 0 saturated heterocycles. The number of thiophene rings is 1. The minimum Gasteiger partial charge on any atom is -0.324 e. The molecule has 2 heterocycles. The van der Waals surface area contributed by atoms with Gasteiger partial charge in [-0.25, -0.2) is 18.1 Å². The number of hydrogen-bond acceptors (Lipinski definition) is 4. The van der Waals surface area contributed by atoms with Gasteiger partial charge in [0.05, 0.1) is 6.33 Å². The van der Waals surface area contributed by atoms with Crippen LogP contribution in [0.5, 0.6) is 0 Å². The number of nitrogens with one attached hydrogen (secondary N) is 1. The van der Waals surface area contributed by atoms with E-state index >= 15 is 0 Å². The van der Waals surface area contributed by atoms with E-state index in [2.05, 4.69) is 25.6 Å². The van der Waals surface area contributed by atoms with Gasteiger partial charge in [0.15, 0.2) is 0 Å². The Morgan fingerprint density at radius 2 is 2.33 bits per heavy atom. The predicted octanol–water partition coefficient (Wildman–Crippen LogP) is 2.38. The second kappa shape index (κ2) is 5.30. The van der Waals surface area contributed by atoms with Gasteiger partial charge in [-0.3, -0.25) is 0 Å². The zero-order valence-electron chi connectivity index (χ0n) is 9.22. The molecule has 98 valence electrons. The highest BCUT2D eigenvalue weighted by Gasteiger charge is 2.22. The molecular formula is C9H9BrClN3O2S2. The summed E-state index contributed by atoms with van der Waals surface area (Å²) >= 11 is 10.7. The van der Waals surface area contributed by atoms with E-state index in [1.807, 2.05) is 11.4 Å². The van der Waals surface area contributed by atoms with Crippen molar-refractivity contribution in [2.75, 3.05) is 0 Å². The third kappa shape index (κ3) is 2.77.